The number of nitrogens with zero attached hydrogens (tertiary/aromatic N) is 2. The van der Waals surface area contributed by atoms with E-state index in [1.807, 2.05) is 0 Å². The molecule has 4 nitrogen and oxygen atoms in total. The Bertz CT molecular complexity index is 697. The summed E-state index contributed by atoms with van der Waals surface area (Å²) in [6.07, 6.45) is 7.15. The molecule has 1 saturated heterocycles. The van der Waals surface area contributed by atoms with Crippen LogP contribution in [0.4, 0.5) is 0 Å². The van der Waals surface area contributed by atoms with Crippen molar-refractivity contribution >= 4 is 21.6 Å². The second-order valence-corrected chi connectivity index (χ2v) is 6.97. The first kappa shape index (κ1) is 12.5. The minimum atomic E-state index is 0.0728. The molecule has 2 aromatic heterocycles. The molecule has 4 rings (SSSR count). The van der Waals surface area contributed by atoms with E-state index in [4.69, 9.17) is 4.98 Å². The second kappa shape index (κ2) is 4.97. The zero-order valence-corrected chi connectivity index (χ0v) is 12.4. The van der Waals surface area contributed by atoms with Crippen LogP contribution in [0.25, 0.3) is 10.2 Å². The van der Waals surface area contributed by atoms with E-state index in [9.17, 15) is 4.79 Å². The molecular formula is C15H19N3OS. The molecule has 0 amide bonds. The lowest BCUT2D eigenvalue weighted by Gasteiger charge is -2.13. The maximum Gasteiger partial charge on any atom is 0.259 e. The molecule has 2 aromatic rings. The topological polar surface area (TPSA) is 49.0 Å². The van der Waals surface area contributed by atoms with Gasteiger partial charge in [0.25, 0.3) is 5.56 Å². The number of likely N-dealkylation sites (tertiary alicyclic amines) is 1. The number of rotatable bonds is 2. The van der Waals surface area contributed by atoms with Crippen LogP contribution in [0.15, 0.2) is 4.79 Å². The molecule has 1 fully saturated rings. The third-order valence-electron chi connectivity index (χ3n) is 4.45. The number of aryl methyl sites for hydroxylation is 2. The summed E-state index contributed by atoms with van der Waals surface area (Å²) in [5, 5.41) is 0.870. The number of hydrogen-bond acceptors (Lipinski definition) is 4. The number of hydrogen-bond donors (Lipinski definition) is 1. The average molecular weight is 289 g/mol. The van der Waals surface area contributed by atoms with Crippen LogP contribution in [0.3, 0.4) is 0 Å². The fourth-order valence-corrected chi connectivity index (χ4v) is 4.72. The van der Waals surface area contributed by atoms with Crippen LogP contribution in [-0.4, -0.2) is 28.0 Å². The molecule has 1 aliphatic carbocycles. The summed E-state index contributed by atoms with van der Waals surface area (Å²) in [6, 6.07) is 0. The van der Waals surface area contributed by atoms with Gasteiger partial charge in [-0.25, -0.2) is 4.98 Å². The quantitative estimate of drug-likeness (QED) is 0.924. The molecule has 0 radical (unpaired) electrons. The fraction of sp³-hybridized carbons (Fsp3) is 0.600. The van der Waals surface area contributed by atoms with E-state index >= 15 is 0 Å². The van der Waals surface area contributed by atoms with Crippen molar-refractivity contribution in [1.82, 2.24) is 14.9 Å². The largest absolute Gasteiger partial charge is 0.309 e. The van der Waals surface area contributed by atoms with Crippen molar-refractivity contribution in [2.45, 2.75) is 45.1 Å². The van der Waals surface area contributed by atoms with Crippen LogP contribution in [0.1, 0.15) is 41.9 Å². The summed E-state index contributed by atoms with van der Waals surface area (Å²) in [4.78, 5) is 24.9. The van der Waals surface area contributed by atoms with Gasteiger partial charge in [-0.2, -0.15) is 0 Å². The summed E-state index contributed by atoms with van der Waals surface area (Å²) >= 11 is 1.74. The Labute approximate surface area is 121 Å². The van der Waals surface area contributed by atoms with Crippen molar-refractivity contribution in [3.63, 3.8) is 0 Å². The third-order valence-corrected chi connectivity index (χ3v) is 5.63. The highest BCUT2D eigenvalue weighted by molar-refractivity contribution is 7.18. The van der Waals surface area contributed by atoms with E-state index in [-0.39, 0.29) is 5.56 Å². The predicted octanol–water partition coefficient (Wildman–Crippen LogP) is 2.46. The van der Waals surface area contributed by atoms with Crippen molar-refractivity contribution < 1.29 is 0 Å². The van der Waals surface area contributed by atoms with Gasteiger partial charge in [-0.3, -0.25) is 9.69 Å². The van der Waals surface area contributed by atoms with Gasteiger partial charge < -0.3 is 4.98 Å². The lowest BCUT2D eigenvalue weighted by atomic mass is 9.97. The number of H-pyrrole nitrogens is 1. The molecular weight excluding hydrogens is 270 g/mol. The van der Waals surface area contributed by atoms with Crippen LogP contribution in [0, 0.1) is 0 Å². The Hall–Kier alpha value is -1.20. The standard InChI is InChI=1S/C15H19N3OS/c19-14-13-10-5-1-2-6-11(10)20-15(13)17-12(16-14)9-18-7-3-4-8-18/h1-9H2,(H,16,17,19). The first-order valence-corrected chi connectivity index (χ1v) is 8.39. The number of aromatic nitrogens is 2. The summed E-state index contributed by atoms with van der Waals surface area (Å²) in [6.45, 7) is 3.04. The molecule has 0 saturated carbocycles. The van der Waals surface area contributed by atoms with Gasteiger partial charge in [-0.05, 0) is 57.2 Å². The Morgan fingerprint density at radius 2 is 1.95 bits per heavy atom. The van der Waals surface area contributed by atoms with Gasteiger partial charge in [0.2, 0.25) is 0 Å². The highest BCUT2D eigenvalue weighted by atomic mass is 32.1. The molecule has 106 valence electrons. The molecule has 0 spiro atoms. The van der Waals surface area contributed by atoms with Crippen molar-refractivity contribution in [2.24, 2.45) is 0 Å². The maximum absolute atomic E-state index is 12.4. The summed E-state index contributed by atoms with van der Waals surface area (Å²) in [5.74, 6) is 0.836. The van der Waals surface area contributed by atoms with Crippen LogP contribution in [-0.2, 0) is 19.4 Å². The van der Waals surface area contributed by atoms with Gasteiger partial charge >= 0.3 is 0 Å². The fourth-order valence-electron chi connectivity index (χ4n) is 3.44. The zero-order valence-electron chi connectivity index (χ0n) is 11.6. The van der Waals surface area contributed by atoms with E-state index in [0.717, 1.165) is 48.5 Å². The Balaban J connectivity index is 1.76. The van der Waals surface area contributed by atoms with E-state index in [2.05, 4.69) is 9.88 Å². The van der Waals surface area contributed by atoms with E-state index in [0.29, 0.717) is 0 Å². The predicted molar refractivity (Wildman–Crippen MR) is 81.4 cm³/mol. The lowest BCUT2D eigenvalue weighted by molar-refractivity contribution is 0.322. The van der Waals surface area contributed by atoms with Gasteiger partial charge in [0.15, 0.2) is 0 Å². The first-order chi connectivity index (χ1) is 9.81. The molecule has 2 aliphatic rings. The molecule has 0 aromatic carbocycles. The summed E-state index contributed by atoms with van der Waals surface area (Å²) in [7, 11) is 0. The highest BCUT2D eigenvalue weighted by Crippen LogP contribution is 2.33. The molecule has 0 atom stereocenters. The highest BCUT2D eigenvalue weighted by Gasteiger charge is 2.20. The SMILES string of the molecule is O=c1[nH]c(CN2CCCC2)nc2sc3c(c12)CCCC3. The van der Waals surface area contributed by atoms with Crippen molar-refractivity contribution in [3.05, 3.63) is 26.6 Å². The molecule has 1 aliphatic heterocycles. The Kier molecular flexibility index (Phi) is 3.11. The average Bonchev–Trinajstić information content (AvgIpc) is 3.05. The smallest absolute Gasteiger partial charge is 0.259 e. The molecule has 20 heavy (non-hydrogen) atoms. The zero-order chi connectivity index (χ0) is 13.5. The van der Waals surface area contributed by atoms with Gasteiger partial charge in [-0.1, -0.05) is 0 Å². The number of aromatic amines is 1. The Morgan fingerprint density at radius 3 is 2.80 bits per heavy atom. The second-order valence-electron chi connectivity index (χ2n) is 5.89. The molecule has 1 N–H and O–H groups in total. The number of nitrogens with one attached hydrogen (secondary N) is 1. The molecule has 0 unspecified atom stereocenters. The maximum atomic E-state index is 12.4. The Morgan fingerprint density at radius 1 is 1.15 bits per heavy atom. The van der Waals surface area contributed by atoms with Gasteiger partial charge in [0.05, 0.1) is 11.9 Å². The monoisotopic (exact) mass is 289 g/mol. The van der Waals surface area contributed by atoms with E-state index in [1.54, 1.807) is 11.3 Å². The van der Waals surface area contributed by atoms with Gasteiger partial charge in [-0.15, -0.1) is 11.3 Å². The molecule has 5 heteroatoms. The van der Waals surface area contributed by atoms with Crippen LogP contribution in [0.5, 0.6) is 0 Å². The molecule has 0 bridgehead atoms. The number of thiophene rings is 1. The minimum Gasteiger partial charge on any atom is -0.309 e. The molecule has 3 heterocycles. The van der Waals surface area contributed by atoms with Crippen LogP contribution < -0.4 is 5.56 Å². The van der Waals surface area contributed by atoms with Crippen molar-refractivity contribution in [3.8, 4) is 0 Å². The summed E-state index contributed by atoms with van der Waals surface area (Å²) < 4.78 is 0. The van der Waals surface area contributed by atoms with Crippen molar-refractivity contribution in [1.29, 1.82) is 0 Å². The van der Waals surface area contributed by atoms with E-state index < -0.39 is 0 Å². The van der Waals surface area contributed by atoms with Crippen molar-refractivity contribution in [2.75, 3.05) is 13.1 Å². The lowest BCUT2D eigenvalue weighted by Crippen LogP contribution is -2.22. The van der Waals surface area contributed by atoms with E-state index in [1.165, 1.54) is 36.1 Å². The number of fused-ring (bicyclic) bond motifs is 3. The van der Waals surface area contributed by atoms with Crippen LogP contribution in [0.2, 0.25) is 0 Å². The van der Waals surface area contributed by atoms with Gasteiger partial charge in [0.1, 0.15) is 10.7 Å². The third kappa shape index (κ3) is 2.09. The van der Waals surface area contributed by atoms with Gasteiger partial charge in [0, 0.05) is 4.88 Å². The van der Waals surface area contributed by atoms with Crippen LogP contribution >= 0.6 is 11.3 Å². The minimum absolute atomic E-state index is 0.0728. The summed E-state index contributed by atoms with van der Waals surface area (Å²) in [5.41, 5.74) is 1.35. The first-order valence-electron chi connectivity index (χ1n) is 7.57. The normalized spacial score (nSPS) is 19.6.